The Kier molecular flexibility index (Phi) is 5.18. The highest BCUT2D eigenvalue weighted by Gasteiger charge is 2.31. The van der Waals surface area contributed by atoms with E-state index in [0.29, 0.717) is 23.7 Å². The highest BCUT2D eigenvalue weighted by Crippen LogP contribution is 2.32. The van der Waals surface area contributed by atoms with Crippen molar-refractivity contribution < 1.29 is 27.5 Å². The second-order valence-corrected chi connectivity index (χ2v) is 9.09. The fourth-order valence-electron chi connectivity index (χ4n) is 3.72. The van der Waals surface area contributed by atoms with Crippen molar-refractivity contribution in [1.82, 2.24) is 4.31 Å². The average molecular weight is 405 g/mol. The second-order valence-electron chi connectivity index (χ2n) is 7.15. The molecule has 0 atom stereocenters. The molecule has 0 bridgehead atoms. The van der Waals surface area contributed by atoms with Crippen molar-refractivity contribution in [3.63, 3.8) is 0 Å². The van der Waals surface area contributed by atoms with E-state index in [-0.39, 0.29) is 6.79 Å². The van der Waals surface area contributed by atoms with E-state index in [1.165, 1.54) is 10.5 Å². The van der Waals surface area contributed by atoms with Gasteiger partial charge in [0.25, 0.3) is 0 Å². The Morgan fingerprint density at radius 3 is 2.54 bits per heavy atom. The van der Waals surface area contributed by atoms with Crippen molar-refractivity contribution in [3.05, 3.63) is 47.5 Å². The van der Waals surface area contributed by atoms with Gasteiger partial charge in [-0.05, 0) is 48.9 Å². The van der Waals surface area contributed by atoms with Gasteiger partial charge in [0, 0.05) is 5.56 Å². The van der Waals surface area contributed by atoms with Gasteiger partial charge in [-0.3, -0.25) is 0 Å². The van der Waals surface area contributed by atoms with Gasteiger partial charge in [-0.15, -0.1) is 0 Å². The monoisotopic (exact) mass is 405 g/mol. The maximum absolute atomic E-state index is 13.0. The van der Waals surface area contributed by atoms with Gasteiger partial charge in [-0.1, -0.05) is 0 Å². The normalized spacial score (nSPS) is 17.6. The molecule has 0 aliphatic carbocycles. The molecule has 4 rings (SSSR count). The number of sulfonamides is 1. The summed E-state index contributed by atoms with van der Waals surface area (Å²) in [5.41, 5.74) is 1.98. The van der Waals surface area contributed by atoms with Gasteiger partial charge in [0.1, 0.15) is 12.3 Å². The van der Waals surface area contributed by atoms with Crippen molar-refractivity contribution in [2.24, 2.45) is 0 Å². The van der Waals surface area contributed by atoms with E-state index >= 15 is 0 Å². The number of rotatable bonds is 5. The Hall–Kier alpha value is -2.29. The van der Waals surface area contributed by atoms with Crippen LogP contribution in [0.2, 0.25) is 0 Å². The first kappa shape index (κ1) is 19.0. The van der Waals surface area contributed by atoms with Crippen LogP contribution in [0.15, 0.2) is 41.3 Å². The molecule has 0 spiro atoms. The molecule has 0 unspecified atom stereocenters. The zero-order valence-electron chi connectivity index (χ0n) is 16.1. The largest absolute Gasteiger partial charge is 0.496 e. The summed E-state index contributed by atoms with van der Waals surface area (Å²) in [5.74, 6) is 2.26. The molecule has 0 saturated carbocycles. The van der Waals surface area contributed by atoms with E-state index < -0.39 is 10.0 Å². The first-order chi connectivity index (χ1) is 13.5. The van der Waals surface area contributed by atoms with Crippen LogP contribution in [0.3, 0.4) is 0 Å². The van der Waals surface area contributed by atoms with Crippen LogP contribution in [0.25, 0.3) is 0 Å². The lowest BCUT2D eigenvalue weighted by Crippen LogP contribution is -3.13. The zero-order valence-corrected chi connectivity index (χ0v) is 16.9. The number of aryl methyl sites for hydroxylation is 1. The maximum atomic E-state index is 13.0. The highest BCUT2D eigenvalue weighted by atomic mass is 32.2. The number of piperazine rings is 1. The number of nitrogens with one attached hydrogen (secondary N) is 1. The summed E-state index contributed by atoms with van der Waals surface area (Å²) in [6.07, 6.45) is 0. The molecule has 1 saturated heterocycles. The van der Waals surface area contributed by atoms with Crippen molar-refractivity contribution >= 4 is 10.0 Å². The molecule has 2 aliphatic heterocycles. The minimum Gasteiger partial charge on any atom is -0.496 e. The Bertz CT molecular complexity index is 969. The lowest BCUT2D eigenvalue weighted by molar-refractivity contribution is -0.917. The summed E-state index contributed by atoms with van der Waals surface area (Å²) in [4.78, 5) is 1.68. The third-order valence-electron chi connectivity index (χ3n) is 5.32. The molecule has 0 aromatic heterocycles. The summed E-state index contributed by atoms with van der Waals surface area (Å²) in [5, 5.41) is 0. The molecule has 2 aromatic rings. The lowest BCUT2D eigenvalue weighted by Gasteiger charge is -2.31. The molecule has 1 fully saturated rings. The Balaban J connectivity index is 1.40. The van der Waals surface area contributed by atoms with Gasteiger partial charge in [-0.25, -0.2) is 8.42 Å². The molecule has 28 heavy (non-hydrogen) atoms. The van der Waals surface area contributed by atoms with Crippen LogP contribution in [0.1, 0.15) is 11.1 Å². The van der Waals surface area contributed by atoms with Crippen LogP contribution in [-0.4, -0.2) is 52.8 Å². The second kappa shape index (κ2) is 7.62. The SMILES string of the molecule is COc1ccc(S(=O)(=O)N2CC[NH+](Cc3ccc4c(c3)OCO4)CC2)cc1C. The highest BCUT2D eigenvalue weighted by molar-refractivity contribution is 7.89. The van der Waals surface area contributed by atoms with E-state index in [2.05, 4.69) is 0 Å². The maximum Gasteiger partial charge on any atom is 0.243 e. The number of hydrogen-bond acceptors (Lipinski definition) is 5. The van der Waals surface area contributed by atoms with Gasteiger partial charge < -0.3 is 19.1 Å². The van der Waals surface area contributed by atoms with E-state index in [1.54, 1.807) is 29.6 Å². The number of quaternary nitrogens is 1. The minimum absolute atomic E-state index is 0.271. The number of nitrogens with zero attached hydrogens (tertiary/aromatic N) is 1. The number of benzene rings is 2. The Labute approximate surface area is 165 Å². The quantitative estimate of drug-likeness (QED) is 0.798. The molecule has 0 radical (unpaired) electrons. The molecular formula is C20H25N2O5S+. The summed E-state index contributed by atoms with van der Waals surface area (Å²) < 4.78 is 43.6. The van der Waals surface area contributed by atoms with E-state index in [9.17, 15) is 8.42 Å². The van der Waals surface area contributed by atoms with E-state index in [4.69, 9.17) is 14.2 Å². The number of hydrogen-bond donors (Lipinski definition) is 1. The fraction of sp³-hybridized carbons (Fsp3) is 0.400. The van der Waals surface area contributed by atoms with Crippen molar-refractivity contribution in [2.75, 3.05) is 40.1 Å². The minimum atomic E-state index is -3.49. The fourth-order valence-corrected chi connectivity index (χ4v) is 5.25. The van der Waals surface area contributed by atoms with Crippen LogP contribution in [0.5, 0.6) is 17.2 Å². The predicted octanol–water partition coefficient (Wildman–Crippen LogP) is 0.822. The van der Waals surface area contributed by atoms with Crippen LogP contribution in [0, 0.1) is 6.92 Å². The van der Waals surface area contributed by atoms with Crippen LogP contribution >= 0.6 is 0 Å². The standard InChI is InChI=1S/C20H24N2O5S/c1-15-11-17(4-6-18(15)25-2)28(23,24)22-9-7-21(8-10-22)13-16-3-5-19-20(12-16)27-14-26-19/h3-6,11-12H,7-10,13-14H2,1-2H3/p+1. The number of fused-ring (bicyclic) bond motifs is 1. The average Bonchev–Trinajstić information content (AvgIpc) is 3.16. The first-order valence-corrected chi connectivity index (χ1v) is 10.8. The summed E-state index contributed by atoms with van der Waals surface area (Å²) in [6.45, 7) is 5.51. The van der Waals surface area contributed by atoms with Gasteiger partial charge >= 0.3 is 0 Å². The van der Waals surface area contributed by atoms with E-state index in [0.717, 1.165) is 36.7 Å². The molecule has 150 valence electrons. The molecule has 2 aliphatic rings. The number of ether oxygens (including phenoxy) is 3. The first-order valence-electron chi connectivity index (χ1n) is 9.34. The zero-order chi connectivity index (χ0) is 19.7. The third-order valence-corrected chi connectivity index (χ3v) is 7.22. The summed E-state index contributed by atoms with van der Waals surface area (Å²) >= 11 is 0. The van der Waals surface area contributed by atoms with Gasteiger partial charge in [0.2, 0.25) is 16.8 Å². The molecule has 1 N–H and O–H groups in total. The topological polar surface area (TPSA) is 69.5 Å². The smallest absolute Gasteiger partial charge is 0.243 e. The number of methoxy groups -OCH3 is 1. The van der Waals surface area contributed by atoms with Crippen molar-refractivity contribution in [3.8, 4) is 17.2 Å². The van der Waals surface area contributed by atoms with Crippen LogP contribution in [-0.2, 0) is 16.6 Å². The predicted molar refractivity (Wildman–Crippen MR) is 103 cm³/mol. The molecule has 7 nitrogen and oxygen atoms in total. The van der Waals surface area contributed by atoms with Gasteiger partial charge in [0.05, 0.1) is 38.2 Å². The van der Waals surface area contributed by atoms with Gasteiger partial charge in [-0.2, -0.15) is 4.31 Å². The molecular weight excluding hydrogens is 380 g/mol. The van der Waals surface area contributed by atoms with Crippen molar-refractivity contribution in [2.45, 2.75) is 18.4 Å². The Morgan fingerprint density at radius 2 is 1.82 bits per heavy atom. The van der Waals surface area contributed by atoms with Crippen LogP contribution in [0.4, 0.5) is 0 Å². The van der Waals surface area contributed by atoms with Gasteiger partial charge in [0.15, 0.2) is 11.5 Å². The van der Waals surface area contributed by atoms with Crippen LogP contribution < -0.4 is 19.1 Å². The Morgan fingerprint density at radius 1 is 1.07 bits per heavy atom. The molecule has 2 heterocycles. The molecule has 0 amide bonds. The van der Waals surface area contributed by atoms with Crippen molar-refractivity contribution in [1.29, 1.82) is 0 Å². The van der Waals surface area contributed by atoms with E-state index in [1.807, 2.05) is 25.1 Å². The third kappa shape index (κ3) is 3.67. The molecule has 2 aromatic carbocycles. The summed E-state index contributed by atoms with van der Waals surface area (Å²) in [6, 6.07) is 11.0. The lowest BCUT2D eigenvalue weighted by atomic mass is 10.2. The molecule has 8 heteroatoms. The summed E-state index contributed by atoms with van der Waals surface area (Å²) in [7, 11) is -1.90.